The van der Waals surface area contributed by atoms with Gasteiger partial charge < -0.3 is 23.7 Å². The Bertz CT molecular complexity index is 727. The molecule has 3 aliphatic heterocycles. The zero-order valence-corrected chi connectivity index (χ0v) is 18.8. The third kappa shape index (κ3) is 2.79. The van der Waals surface area contributed by atoms with E-state index in [1.54, 1.807) is 0 Å². The summed E-state index contributed by atoms with van der Waals surface area (Å²) in [7, 11) is 0. The Morgan fingerprint density at radius 3 is 2.53 bits per heavy atom. The maximum Gasteiger partial charge on any atom is 0.309 e. The lowest BCUT2D eigenvalue weighted by Crippen LogP contribution is -2.55. The Labute approximate surface area is 179 Å². The summed E-state index contributed by atoms with van der Waals surface area (Å²) in [4.78, 5) is 12.8. The Hall–Kier alpha value is -0.690. The number of hydrogen-bond acceptors (Lipinski definition) is 6. The molecule has 4 saturated carbocycles. The first-order valence-electron chi connectivity index (χ1n) is 12.0. The van der Waals surface area contributed by atoms with Gasteiger partial charge in [-0.3, -0.25) is 4.79 Å². The van der Waals surface area contributed by atoms with Gasteiger partial charge in [-0.2, -0.15) is 0 Å². The summed E-state index contributed by atoms with van der Waals surface area (Å²) in [5.74, 6) is 2.33. The highest BCUT2D eigenvalue weighted by atomic mass is 16.7. The molecule has 7 fully saturated rings. The van der Waals surface area contributed by atoms with Crippen molar-refractivity contribution in [3.8, 4) is 0 Å². The molecule has 7 rings (SSSR count). The molecule has 12 atom stereocenters. The van der Waals surface area contributed by atoms with Crippen molar-refractivity contribution in [1.29, 1.82) is 0 Å². The van der Waals surface area contributed by atoms with Crippen LogP contribution in [0, 0.1) is 40.9 Å². The fourth-order valence-corrected chi connectivity index (χ4v) is 7.56. The van der Waals surface area contributed by atoms with E-state index in [-0.39, 0.29) is 47.3 Å². The van der Waals surface area contributed by atoms with Crippen LogP contribution in [0.25, 0.3) is 0 Å². The molecule has 4 aliphatic carbocycles. The van der Waals surface area contributed by atoms with Crippen molar-refractivity contribution in [3.63, 3.8) is 0 Å². The van der Waals surface area contributed by atoms with E-state index in [1.165, 1.54) is 6.42 Å². The predicted molar refractivity (Wildman–Crippen MR) is 107 cm³/mol. The van der Waals surface area contributed by atoms with Crippen LogP contribution in [0.2, 0.25) is 0 Å². The van der Waals surface area contributed by atoms with Gasteiger partial charge >= 0.3 is 5.97 Å². The zero-order chi connectivity index (χ0) is 21.0. The molecule has 0 aromatic heterocycles. The SMILES string of the molecule is CC(OCC(C)(C)COC(=O)C1C2CC3(CC2O3)[C@H]1C)OC1C(C)C2CC1C1OC21. The van der Waals surface area contributed by atoms with Crippen molar-refractivity contribution in [2.45, 2.75) is 90.2 Å². The van der Waals surface area contributed by atoms with E-state index in [2.05, 4.69) is 27.7 Å². The number of carbonyl (C=O) groups is 1. The van der Waals surface area contributed by atoms with E-state index in [1.807, 2.05) is 6.92 Å². The summed E-state index contributed by atoms with van der Waals surface area (Å²) in [6.45, 7) is 11.5. The van der Waals surface area contributed by atoms with Gasteiger partial charge in [0.25, 0.3) is 0 Å². The second kappa shape index (κ2) is 6.43. The molecule has 0 radical (unpaired) electrons. The minimum absolute atomic E-state index is 0.00391. The lowest BCUT2D eigenvalue weighted by atomic mass is 9.73. The summed E-state index contributed by atoms with van der Waals surface area (Å²) in [5.41, 5.74) is -0.274. The Balaban J connectivity index is 0.964. The molecule has 6 nitrogen and oxygen atoms in total. The van der Waals surface area contributed by atoms with Gasteiger partial charge in [0.1, 0.15) is 0 Å². The van der Waals surface area contributed by atoms with Crippen LogP contribution in [0.4, 0.5) is 0 Å². The van der Waals surface area contributed by atoms with Crippen molar-refractivity contribution in [3.05, 3.63) is 0 Å². The van der Waals surface area contributed by atoms with Crippen molar-refractivity contribution in [1.82, 2.24) is 0 Å². The Morgan fingerprint density at radius 1 is 1.13 bits per heavy atom. The fourth-order valence-electron chi connectivity index (χ4n) is 7.56. The molecule has 30 heavy (non-hydrogen) atoms. The highest BCUT2D eigenvalue weighted by Crippen LogP contribution is 2.66. The molecule has 7 aliphatic rings. The number of carbonyl (C=O) groups excluding carboxylic acids is 1. The van der Waals surface area contributed by atoms with Gasteiger partial charge in [-0.25, -0.2) is 0 Å². The largest absolute Gasteiger partial charge is 0.465 e. The first-order chi connectivity index (χ1) is 14.2. The van der Waals surface area contributed by atoms with Gasteiger partial charge in [0.15, 0.2) is 6.29 Å². The molecular formula is C24H36O6. The van der Waals surface area contributed by atoms with Gasteiger partial charge in [-0.1, -0.05) is 27.7 Å². The molecule has 3 saturated heterocycles. The van der Waals surface area contributed by atoms with Crippen molar-refractivity contribution >= 4 is 5.97 Å². The van der Waals surface area contributed by atoms with Gasteiger partial charge in [-0.15, -0.1) is 0 Å². The lowest BCUT2D eigenvalue weighted by molar-refractivity contribution is -0.227. The fraction of sp³-hybridized carbons (Fsp3) is 0.958. The summed E-state index contributed by atoms with van der Waals surface area (Å²) in [6, 6.07) is 0. The Kier molecular flexibility index (Phi) is 4.28. The number of epoxide rings is 1. The van der Waals surface area contributed by atoms with E-state index >= 15 is 0 Å². The van der Waals surface area contributed by atoms with Gasteiger partial charge in [0.05, 0.1) is 49.1 Å². The van der Waals surface area contributed by atoms with E-state index < -0.39 is 0 Å². The quantitative estimate of drug-likeness (QED) is 0.341. The molecule has 11 unspecified atom stereocenters. The average molecular weight is 421 g/mol. The zero-order valence-electron chi connectivity index (χ0n) is 18.8. The standard InChI is InChI=1S/C24H36O6/c1-11-14-6-15(21-20(14)29-21)19(11)28-13(3)26-9-23(4,5)10-27-22(25)18-12(2)24-7-16(18)17(8-24)30-24/h11-21H,6-10H2,1-5H3/t11?,12-,13?,14?,15?,16?,17?,18?,19?,20?,21?,24?/m0/s1. The topological polar surface area (TPSA) is 66.5 Å². The molecule has 0 aromatic rings. The van der Waals surface area contributed by atoms with Crippen LogP contribution in [-0.2, 0) is 28.5 Å². The average Bonchev–Trinajstić information content (AvgIpc) is 2.98. The second-order valence-electron chi connectivity index (χ2n) is 11.8. The molecule has 3 heterocycles. The normalized spacial score (nSPS) is 52.8. The minimum atomic E-state index is -0.266. The number of ether oxygens (including phenoxy) is 5. The van der Waals surface area contributed by atoms with E-state index in [0.29, 0.717) is 49.1 Å². The third-order valence-electron chi connectivity index (χ3n) is 9.32. The van der Waals surface area contributed by atoms with Crippen LogP contribution in [-0.4, -0.2) is 55.5 Å². The van der Waals surface area contributed by atoms with Crippen LogP contribution in [0.3, 0.4) is 0 Å². The number of hydrogen-bond donors (Lipinski definition) is 0. The van der Waals surface area contributed by atoms with Crippen molar-refractivity contribution in [2.75, 3.05) is 13.2 Å². The van der Waals surface area contributed by atoms with Crippen LogP contribution in [0.1, 0.15) is 53.9 Å². The summed E-state index contributed by atoms with van der Waals surface area (Å²) >= 11 is 0. The van der Waals surface area contributed by atoms with Gasteiger partial charge in [-0.05, 0) is 37.5 Å². The highest BCUT2D eigenvalue weighted by Gasteiger charge is 2.71. The number of rotatable bonds is 8. The molecule has 5 bridgehead atoms. The van der Waals surface area contributed by atoms with Gasteiger partial charge in [0, 0.05) is 23.7 Å². The molecular weight excluding hydrogens is 384 g/mol. The van der Waals surface area contributed by atoms with Crippen LogP contribution in [0.15, 0.2) is 0 Å². The predicted octanol–water partition coefficient (Wildman–Crippen LogP) is 3.17. The summed E-state index contributed by atoms with van der Waals surface area (Å²) in [6.07, 6.45) is 4.61. The number of fused-ring (bicyclic) bond motifs is 5. The van der Waals surface area contributed by atoms with Crippen molar-refractivity contribution < 1.29 is 28.5 Å². The van der Waals surface area contributed by atoms with Gasteiger partial charge in [0.2, 0.25) is 0 Å². The van der Waals surface area contributed by atoms with E-state index in [0.717, 1.165) is 12.8 Å². The molecule has 0 amide bonds. The first kappa shape index (κ1) is 20.0. The Morgan fingerprint density at radius 2 is 1.87 bits per heavy atom. The van der Waals surface area contributed by atoms with Crippen molar-refractivity contribution in [2.24, 2.45) is 40.9 Å². The molecule has 168 valence electrons. The lowest BCUT2D eigenvalue weighted by Gasteiger charge is -2.49. The summed E-state index contributed by atoms with van der Waals surface area (Å²) < 4.78 is 29.9. The maximum atomic E-state index is 12.8. The van der Waals surface area contributed by atoms with E-state index in [4.69, 9.17) is 23.7 Å². The number of esters is 1. The molecule has 1 spiro atoms. The molecule has 0 aromatic carbocycles. The monoisotopic (exact) mass is 420 g/mol. The van der Waals surface area contributed by atoms with Crippen LogP contribution in [0.5, 0.6) is 0 Å². The highest BCUT2D eigenvalue weighted by molar-refractivity contribution is 5.75. The minimum Gasteiger partial charge on any atom is -0.465 e. The maximum absolute atomic E-state index is 12.8. The molecule has 6 heteroatoms. The van der Waals surface area contributed by atoms with Crippen LogP contribution < -0.4 is 0 Å². The summed E-state index contributed by atoms with van der Waals surface area (Å²) in [5, 5.41) is 0. The smallest absolute Gasteiger partial charge is 0.309 e. The van der Waals surface area contributed by atoms with Crippen LogP contribution >= 0.6 is 0 Å². The van der Waals surface area contributed by atoms with E-state index in [9.17, 15) is 4.79 Å². The third-order valence-corrected chi connectivity index (χ3v) is 9.32. The second-order valence-corrected chi connectivity index (χ2v) is 11.8. The molecule has 0 N–H and O–H groups in total. The first-order valence-corrected chi connectivity index (χ1v) is 12.0.